The Labute approximate surface area is 200 Å². The zero-order valence-electron chi connectivity index (χ0n) is 18.1. The summed E-state index contributed by atoms with van der Waals surface area (Å²) in [5.74, 6) is -0.130. The Kier molecular flexibility index (Phi) is 5.63. The number of hydrogen-bond donors (Lipinski definition) is 4. The third kappa shape index (κ3) is 4.12. The van der Waals surface area contributed by atoms with Crippen molar-refractivity contribution in [2.75, 3.05) is 0 Å². The molecule has 1 aromatic carbocycles. The molecule has 4 aliphatic rings. The molecule has 2 bridgehead atoms. The number of hydrogen-bond acceptors (Lipinski definition) is 7. The number of aliphatic hydroxyl groups excluding tert-OH is 2. The quantitative estimate of drug-likeness (QED) is 0.522. The molecule has 10 heteroatoms. The predicted octanol–water partition coefficient (Wildman–Crippen LogP) is 2.65. The molecule has 0 spiro atoms. The molecular weight excluding hydrogens is 466 g/mol. The first-order valence-corrected chi connectivity index (χ1v) is 12.3. The van der Waals surface area contributed by atoms with Crippen LogP contribution in [0.4, 0.5) is 0 Å². The van der Waals surface area contributed by atoms with Crippen LogP contribution in [0.2, 0.25) is 5.02 Å². The maximum absolute atomic E-state index is 13.1. The molecule has 3 saturated carbocycles. The van der Waals surface area contributed by atoms with Crippen LogP contribution < -0.4 is 15.4 Å². The van der Waals surface area contributed by atoms with Crippen molar-refractivity contribution < 1.29 is 24.5 Å². The number of fused-ring (bicyclic) bond motifs is 4. The summed E-state index contributed by atoms with van der Waals surface area (Å²) in [6.07, 6.45) is 0.389. The summed E-state index contributed by atoms with van der Waals surface area (Å²) in [4.78, 5) is 30.0. The molecule has 4 N–H and O–H groups in total. The highest BCUT2D eigenvalue weighted by molar-refractivity contribution is 7.11. The SMILES string of the molecule is Cc1csc(C(=O)NC23CCC(NC(=O)[C@H]4C[C@@H](O)c5cc(Cl)ccc5O4)(CC2)C[C@@H]3O)n1. The van der Waals surface area contributed by atoms with Crippen LogP contribution in [0.3, 0.4) is 0 Å². The number of thiazole rings is 1. The molecule has 1 aliphatic heterocycles. The van der Waals surface area contributed by atoms with E-state index in [1.807, 2.05) is 12.3 Å². The Morgan fingerprint density at radius 3 is 2.64 bits per heavy atom. The van der Waals surface area contributed by atoms with Gasteiger partial charge in [-0.25, -0.2) is 4.98 Å². The highest BCUT2D eigenvalue weighted by atomic mass is 35.5. The summed E-state index contributed by atoms with van der Waals surface area (Å²) in [5, 5.41) is 30.3. The van der Waals surface area contributed by atoms with Crippen molar-refractivity contribution in [2.24, 2.45) is 0 Å². The number of benzene rings is 1. The van der Waals surface area contributed by atoms with Gasteiger partial charge >= 0.3 is 0 Å². The second-order valence-corrected chi connectivity index (χ2v) is 10.7. The van der Waals surface area contributed by atoms with Gasteiger partial charge in [-0.15, -0.1) is 11.3 Å². The normalized spacial score (nSPS) is 32.5. The van der Waals surface area contributed by atoms with Crippen LogP contribution in [-0.4, -0.2) is 50.3 Å². The fraction of sp³-hybridized carbons (Fsp3) is 0.522. The van der Waals surface area contributed by atoms with Crippen LogP contribution in [0.1, 0.15) is 65.7 Å². The molecule has 2 heterocycles. The summed E-state index contributed by atoms with van der Waals surface area (Å²) >= 11 is 7.29. The average molecular weight is 492 g/mol. The van der Waals surface area contributed by atoms with Crippen molar-refractivity contribution in [3.63, 3.8) is 0 Å². The fourth-order valence-corrected chi connectivity index (χ4v) is 6.19. The molecule has 33 heavy (non-hydrogen) atoms. The monoisotopic (exact) mass is 491 g/mol. The highest BCUT2D eigenvalue weighted by Gasteiger charge is 2.56. The van der Waals surface area contributed by atoms with E-state index in [1.165, 1.54) is 11.3 Å². The number of nitrogens with one attached hydrogen (secondary N) is 2. The van der Waals surface area contributed by atoms with Gasteiger partial charge in [0.25, 0.3) is 11.8 Å². The van der Waals surface area contributed by atoms with E-state index < -0.39 is 29.4 Å². The van der Waals surface area contributed by atoms with E-state index in [0.717, 1.165) is 5.69 Å². The molecule has 0 saturated heterocycles. The largest absolute Gasteiger partial charge is 0.480 e. The number of aromatic nitrogens is 1. The summed E-state index contributed by atoms with van der Waals surface area (Å²) in [7, 11) is 0. The Balaban J connectivity index is 1.25. The number of ether oxygens (including phenoxy) is 1. The molecule has 0 unspecified atom stereocenters. The van der Waals surface area contributed by atoms with Crippen LogP contribution in [0.15, 0.2) is 23.6 Å². The van der Waals surface area contributed by atoms with E-state index in [1.54, 1.807) is 18.2 Å². The zero-order chi connectivity index (χ0) is 23.4. The number of amides is 2. The summed E-state index contributed by atoms with van der Waals surface area (Å²) in [6, 6.07) is 4.96. The van der Waals surface area contributed by atoms with E-state index in [4.69, 9.17) is 16.3 Å². The maximum Gasteiger partial charge on any atom is 0.280 e. The van der Waals surface area contributed by atoms with E-state index in [9.17, 15) is 19.8 Å². The number of rotatable bonds is 4. The third-order valence-corrected chi connectivity index (χ3v) is 8.41. The smallest absolute Gasteiger partial charge is 0.280 e. The molecule has 8 nitrogen and oxygen atoms in total. The van der Waals surface area contributed by atoms with Gasteiger partial charge in [-0.05, 0) is 57.2 Å². The second kappa shape index (κ2) is 8.23. The van der Waals surface area contributed by atoms with Gasteiger partial charge in [0.1, 0.15) is 5.75 Å². The van der Waals surface area contributed by atoms with Crippen LogP contribution in [-0.2, 0) is 4.79 Å². The summed E-state index contributed by atoms with van der Waals surface area (Å²) in [6.45, 7) is 1.83. The van der Waals surface area contributed by atoms with Gasteiger partial charge in [0.15, 0.2) is 11.1 Å². The lowest BCUT2D eigenvalue weighted by molar-refractivity contribution is -0.136. The molecule has 0 radical (unpaired) electrons. The van der Waals surface area contributed by atoms with E-state index in [0.29, 0.717) is 53.4 Å². The van der Waals surface area contributed by atoms with Gasteiger partial charge in [-0.2, -0.15) is 0 Å². The molecule has 176 valence electrons. The number of nitrogens with zero attached hydrogens (tertiary/aromatic N) is 1. The average Bonchev–Trinajstić information content (AvgIpc) is 3.22. The van der Waals surface area contributed by atoms with Crippen molar-refractivity contribution in [3.8, 4) is 5.75 Å². The topological polar surface area (TPSA) is 121 Å². The minimum Gasteiger partial charge on any atom is -0.480 e. The number of carbonyl (C=O) groups is 2. The number of halogens is 1. The number of aryl methyl sites for hydroxylation is 1. The first-order valence-electron chi connectivity index (χ1n) is 11.1. The molecule has 1 aromatic heterocycles. The first-order chi connectivity index (χ1) is 15.7. The Morgan fingerprint density at radius 2 is 1.97 bits per heavy atom. The van der Waals surface area contributed by atoms with Gasteiger partial charge in [0.05, 0.1) is 17.7 Å². The van der Waals surface area contributed by atoms with Gasteiger partial charge in [-0.3, -0.25) is 9.59 Å². The van der Waals surface area contributed by atoms with Gasteiger partial charge < -0.3 is 25.6 Å². The van der Waals surface area contributed by atoms with Crippen molar-refractivity contribution in [2.45, 2.75) is 74.8 Å². The molecule has 6 rings (SSSR count). The van der Waals surface area contributed by atoms with Crippen molar-refractivity contribution in [3.05, 3.63) is 44.9 Å². The molecule has 3 aliphatic carbocycles. The van der Waals surface area contributed by atoms with Crippen molar-refractivity contribution >= 4 is 34.8 Å². The molecule has 3 atom stereocenters. The predicted molar refractivity (Wildman–Crippen MR) is 122 cm³/mol. The van der Waals surface area contributed by atoms with Gasteiger partial charge in [-0.1, -0.05) is 11.6 Å². The molecular formula is C23H26ClN3O5S. The third-order valence-electron chi connectivity index (χ3n) is 7.22. The standard InChI is InChI=1S/C23H26ClN3O5S/c1-12-11-33-21(25-12)20(31)27-23-6-4-22(5-7-23,10-18(23)29)26-19(30)17-9-15(28)14-8-13(24)2-3-16(14)32-17/h2-3,8,11,15,17-18,28-29H,4-7,9-10H2,1H3,(H,26,30)(H,27,31)/t15-,17-,18+,22?,23?/m1/s1. The molecule has 2 amide bonds. The van der Waals surface area contributed by atoms with E-state index >= 15 is 0 Å². The van der Waals surface area contributed by atoms with Crippen molar-refractivity contribution in [1.29, 1.82) is 0 Å². The minimum absolute atomic E-state index is 0.130. The number of aliphatic hydroxyl groups is 2. The summed E-state index contributed by atoms with van der Waals surface area (Å²) in [5.41, 5.74) is 0.0956. The molecule has 3 fully saturated rings. The minimum atomic E-state index is -0.846. The highest BCUT2D eigenvalue weighted by Crippen LogP contribution is 2.47. The summed E-state index contributed by atoms with van der Waals surface area (Å²) < 4.78 is 5.86. The van der Waals surface area contributed by atoms with Gasteiger partial charge in [0, 0.05) is 33.6 Å². The first kappa shape index (κ1) is 22.6. The maximum atomic E-state index is 13.1. The zero-order valence-corrected chi connectivity index (χ0v) is 19.7. The Hall–Kier alpha value is -2.20. The van der Waals surface area contributed by atoms with Crippen LogP contribution in [0.5, 0.6) is 5.75 Å². The van der Waals surface area contributed by atoms with Crippen LogP contribution in [0, 0.1) is 6.92 Å². The second-order valence-electron chi connectivity index (χ2n) is 9.43. The number of carbonyl (C=O) groups excluding carboxylic acids is 2. The lowest BCUT2D eigenvalue weighted by Crippen LogP contribution is -2.70. The van der Waals surface area contributed by atoms with E-state index in [-0.39, 0.29) is 18.2 Å². The Bertz CT molecular complexity index is 1100. The van der Waals surface area contributed by atoms with Gasteiger partial charge in [0.2, 0.25) is 0 Å². The lowest BCUT2D eigenvalue weighted by Gasteiger charge is -2.56. The van der Waals surface area contributed by atoms with Crippen LogP contribution in [0.25, 0.3) is 0 Å². The molecule has 2 aromatic rings. The van der Waals surface area contributed by atoms with Crippen LogP contribution >= 0.6 is 22.9 Å². The Morgan fingerprint density at radius 1 is 1.21 bits per heavy atom. The lowest BCUT2D eigenvalue weighted by atomic mass is 9.59. The fourth-order valence-electron chi connectivity index (χ4n) is 5.32. The van der Waals surface area contributed by atoms with E-state index in [2.05, 4.69) is 15.6 Å². The van der Waals surface area contributed by atoms with Crippen molar-refractivity contribution in [1.82, 2.24) is 15.6 Å².